The Labute approximate surface area is 329 Å². The van der Waals surface area contributed by atoms with Gasteiger partial charge in [0.05, 0.1) is 37.0 Å². The quantitative estimate of drug-likeness (QED) is 0.198. The van der Waals surface area contributed by atoms with Gasteiger partial charge in [-0.1, -0.05) is 12.8 Å². The second-order valence-corrected chi connectivity index (χ2v) is 14.4. The van der Waals surface area contributed by atoms with E-state index in [2.05, 4.69) is 43.5 Å². The predicted molar refractivity (Wildman–Crippen MR) is 188 cm³/mol. The Hall–Kier alpha value is -3.57. The van der Waals surface area contributed by atoms with Crippen molar-refractivity contribution in [3.63, 3.8) is 0 Å². The molecule has 1 aliphatic carbocycles. The van der Waals surface area contributed by atoms with E-state index in [-0.39, 0.29) is 70.7 Å². The molecule has 0 spiro atoms. The first kappa shape index (κ1) is 40.6. The Morgan fingerprint density at radius 2 is 1.81 bits per heavy atom. The summed E-state index contributed by atoms with van der Waals surface area (Å²) in [5.74, 6) is -0.122. The Kier molecular flexibility index (Phi) is 12.6. The van der Waals surface area contributed by atoms with Gasteiger partial charge in [-0.15, -0.1) is 0 Å². The average molecular weight is 748 g/mol. The minimum absolute atomic E-state index is 0. The summed E-state index contributed by atoms with van der Waals surface area (Å²) in [5, 5.41) is 11.0. The zero-order valence-corrected chi connectivity index (χ0v) is 33.2. The molecule has 4 aromatic rings. The number of aliphatic carboxylic acids is 1. The number of piperazine rings is 1. The van der Waals surface area contributed by atoms with Gasteiger partial charge >= 0.3 is 35.7 Å². The number of hydrogen-bond donors (Lipinski definition) is 1. The molecule has 1 saturated carbocycles. The number of anilines is 2. The Morgan fingerprint density at radius 3 is 2.43 bits per heavy atom. The number of fused-ring (bicyclic) bond motifs is 1. The number of aromatic nitrogens is 6. The van der Waals surface area contributed by atoms with E-state index in [0.29, 0.717) is 73.5 Å². The molecule has 0 atom stereocenters. The van der Waals surface area contributed by atoms with Crippen LogP contribution in [0, 0.1) is 5.41 Å². The van der Waals surface area contributed by atoms with Gasteiger partial charge in [-0.25, -0.2) is 24.9 Å². The predicted octanol–water partition coefficient (Wildman–Crippen LogP) is 1.58. The number of H-pyrrole nitrogens is 1. The van der Waals surface area contributed by atoms with Crippen LogP contribution in [0.4, 0.5) is 24.7 Å². The summed E-state index contributed by atoms with van der Waals surface area (Å²) in [6.45, 7) is 9.58. The molecule has 13 nitrogen and oxygen atoms in total. The fourth-order valence-corrected chi connectivity index (χ4v) is 7.56. The second-order valence-electron chi connectivity index (χ2n) is 14.4. The number of carboxylic acids is 1. The van der Waals surface area contributed by atoms with E-state index in [1.165, 1.54) is 6.07 Å². The zero-order valence-electron chi connectivity index (χ0n) is 31.2. The number of halogens is 3. The summed E-state index contributed by atoms with van der Waals surface area (Å²) in [5.41, 5.74) is 1.16. The number of carbonyl (C=O) groups is 1. The van der Waals surface area contributed by atoms with Gasteiger partial charge in [0.25, 0.3) is 0 Å². The number of pyridine rings is 2. The number of aromatic amines is 1. The van der Waals surface area contributed by atoms with Crippen molar-refractivity contribution in [2.45, 2.75) is 64.6 Å². The van der Waals surface area contributed by atoms with E-state index in [4.69, 9.17) is 24.4 Å². The fourth-order valence-electron chi connectivity index (χ4n) is 7.56. The molecule has 17 heteroatoms. The molecule has 1 aliphatic heterocycles. The van der Waals surface area contributed by atoms with Crippen LogP contribution in [0.3, 0.4) is 0 Å². The molecule has 4 aromatic heterocycles. The third-order valence-corrected chi connectivity index (χ3v) is 10.1. The summed E-state index contributed by atoms with van der Waals surface area (Å²) < 4.78 is 52.9. The number of nitrogens with zero attached hydrogens (tertiary/aromatic N) is 8. The van der Waals surface area contributed by atoms with E-state index in [9.17, 15) is 23.1 Å². The van der Waals surface area contributed by atoms with Crippen molar-refractivity contribution in [2.24, 2.45) is 5.41 Å². The Balaban J connectivity index is 0.00000541. The first-order chi connectivity index (χ1) is 24.7. The van der Waals surface area contributed by atoms with Crippen LogP contribution in [0.5, 0.6) is 5.88 Å². The Bertz CT molecular complexity index is 1880. The molecule has 1 N–H and O–H groups in total. The van der Waals surface area contributed by atoms with E-state index in [0.717, 1.165) is 31.7 Å². The largest absolute Gasteiger partial charge is 1.00 e. The number of nitrogens with one attached hydrogen (secondary N) is 1. The van der Waals surface area contributed by atoms with Crippen molar-refractivity contribution < 1.29 is 62.1 Å². The van der Waals surface area contributed by atoms with Gasteiger partial charge in [-0.05, 0) is 52.2 Å². The number of alkyl halides is 3. The van der Waals surface area contributed by atoms with Crippen LogP contribution in [0.1, 0.15) is 58.6 Å². The number of imidazole rings is 1. The number of carbonyl (C=O) groups excluding carboxylic acids is 1. The van der Waals surface area contributed by atoms with Gasteiger partial charge in [0.1, 0.15) is 22.7 Å². The van der Waals surface area contributed by atoms with Crippen molar-refractivity contribution in [1.29, 1.82) is 0 Å². The molecule has 1 saturated heterocycles. The van der Waals surface area contributed by atoms with Gasteiger partial charge in [0, 0.05) is 75.4 Å². The van der Waals surface area contributed by atoms with Gasteiger partial charge in [0.15, 0.2) is 11.5 Å². The molecular formula is C36H45F3N9NaO4. The molecule has 0 radical (unpaired) electrons. The molecule has 0 bridgehead atoms. The summed E-state index contributed by atoms with van der Waals surface area (Å²) in [4.78, 5) is 43.4. The van der Waals surface area contributed by atoms with Crippen LogP contribution in [0.15, 0.2) is 30.6 Å². The van der Waals surface area contributed by atoms with E-state index < -0.39 is 17.8 Å². The molecule has 0 aromatic carbocycles. The third kappa shape index (κ3) is 9.22. The molecule has 2 aliphatic rings. The van der Waals surface area contributed by atoms with Crippen LogP contribution in [-0.2, 0) is 15.7 Å². The van der Waals surface area contributed by atoms with Crippen LogP contribution in [0.2, 0.25) is 0 Å². The minimum Gasteiger partial charge on any atom is -0.550 e. The SMILES string of the molecule is CCOc1cc(-c2cc(N(C)CC3(COC)CCCC3)c3[nH]c(-c4cnc(N5CCN(CCC(=O)[O-])C(C)(C)C5)cn4)nc3n2)cc(C(F)(F)F)n1.[Na+]. The molecule has 0 amide bonds. The first-order valence-electron chi connectivity index (χ1n) is 17.6. The topological polar surface area (TPSA) is 149 Å². The average Bonchev–Trinajstić information content (AvgIpc) is 3.74. The standard InChI is InChI=1S/C36H46F3N9O4.Na/c1-6-52-29-16-23(15-27(43-29)36(37,38)39)24-17-26(46(4)21-35(22-51-5)10-7-8-11-35)31-33(42-24)45-32(44-31)25-18-41-28(19-40-25)47-13-14-48(12-9-30(49)50)34(2,3)20-47;/h15-19H,6-14,20-22H2,1-5H3,(H,49,50)(H,42,44,45);/q;+1/p-1. The maximum Gasteiger partial charge on any atom is 1.00 e. The molecule has 6 rings (SSSR count). The molecule has 280 valence electrons. The molecule has 2 fully saturated rings. The smallest absolute Gasteiger partial charge is 0.550 e. The van der Waals surface area contributed by atoms with Crippen molar-refractivity contribution in [1.82, 2.24) is 34.8 Å². The van der Waals surface area contributed by atoms with Crippen molar-refractivity contribution >= 4 is 28.6 Å². The van der Waals surface area contributed by atoms with Crippen molar-refractivity contribution in [3.05, 3.63) is 36.3 Å². The van der Waals surface area contributed by atoms with Gasteiger partial charge in [-0.3, -0.25) is 4.90 Å². The number of carboxylic acid groups (broad SMARTS) is 1. The maximum absolute atomic E-state index is 13.9. The summed E-state index contributed by atoms with van der Waals surface area (Å²) in [7, 11) is 3.66. The van der Waals surface area contributed by atoms with Crippen LogP contribution < -0.4 is 49.2 Å². The maximum atomic E-state index is 13.9. The number of rotatable bonds is 13. The van der Waals surface area contributed by atoms with Crippen LogP contribution in [0.25, 0.3) is 33.9 Å². The van der Waals surface area contributed by atoms with Gasteiger partial charge in [-0.2, -0.15) is 13.2 Å². The van der Waals surface area contributed by atoms with E-state index in [1.54, 1.807) is 32.5 Å². The normalized spacial score (nSPS) is 17.2. The summed E-state index contributed by atoms with van der Waals surface area (Å²) in [6, 6.07) is 4.21. The van der Waals surface area contributed by atoms with E-state index in [1.807, 2.05) is 7.05 Å². The minimum atomic E-state index is -4.69. The molecule has 0 unspecified atom stereocenters. The molecule has 53 heavy (non-hydrogen) atoms. The van der Waals surface area contributed by atoms with Crippen molar-refractivity contribution in [3.8, 4) is 28.7 Å². The number of ether oxygens (including phenoxy) is 2. The monoisotopic (exact) mass is 747 g/mol. The van der Waals surface area contributed by atoms with Gasteiger partial charge < -0.3 is 34.2 Å². The zero-order chi connectivity index (χ0) is 37.3. The third-order valence-electron chi connectivity index (χ3n) is 10.1. The van der Waals surface area contributed by atoms with Crippen LogP contribution in [-0.4, -0.2) is 106 Å². The first-order valence-corrected chi connectivity index (χ1v) is 17.6. The fraction of sp³-hybridized carbons (Fsp3) is 0.556. The second kappa shape index (κ2) is 16.4. The van der Waals surface area contributed by atoms with Crippen LogP contribution >= 0.6 is 0 Å². The van der Waals surface area contributed by atoms with Crippen molar-refractivity contribution in [2.75, 3.05) is 69.9 Å². The Morgan fingerprint density at radius 1 is 1.06 bits per heavy atom. The number of hydrogen-bond acceptors (Lipinski definition) is 12. The molecular weight excluding hydrogens is 702 g/mol. The summed E-state index contributed by atoms with van der Waals surface area (Å²) >= 11 is 0. The number of methoxy groups -OCH3 is 1. The van der Waals surface area contributed by atoms with E-state index >= 15 is 0 Å². The molecule has 5 heterocycles. The summed E-state index contributed by atoms with van der Waals surface area (Å²) in [6.07, 6.45) is 2.81. The van der Waals surface area contributed by atoms with Gasteiger partial charge in [0.2, 0.25) is 5.88 Å².